The minimum atomic E-state index is -4.06. The predicted octanol–water partition coefficient (Wildman–Crippen LogP) is 6.43. The number of aromatic nitrogens is 3. The lowest BCUT2D eigenvalue weighted by molar-refractivity contribution is 0.292. The summed E-state index contributed by atoms with van der Waals surface area (Å²) in [6.45, 7) is 10.1. The Hall–Kier alpha value is -4.28. The highest BCUT2D eigenvalue weighted by molar-refractivity contribution is 7.92. The van der Waals surface area contributed by atoms with Crippen LogP contribution in [0.3, 0.4) is 0 Å². The monoisotopic (exact) mass is 572 g/mol. The van der Waals surface area contributed by atoms with Gasteiger partial charge >= 0.3 is 0 Å². The van der Waals surface area contributed by atoms with Crippen molar-refractivity contribution in [2.45, 2.75) is 32.2 Å². The quantitative estimate of drug-likeness (QED) is 0.189. The van der Waals surface area contributed by atoms with Crippen LogP contribution in [0.4, 0.5) is 21.6 Å². The van der Waals surface area contributed by atoms with Crippen LogP contribution in [0.1, 0.15) is 19.4 Å². The van der Waals surface area contributed by atoms with Crippen molar-refractivity contribution in [1.82, 2.24) is 19.4 Å². The number of sulfonamides is 1. The summed E-state index contributed by atoms with van der Waals surface area (Å²) in [5, 5.41) is 4.39. The minimum Gasteiger partial charge on any atom is -0.346 e. The molecule has 0 aliphatic rings. The van der Waals surface area contributed by atoms with E-state index in [1.165, 1.54) is 24.0 Å². The van der Waals surface area contributed by atoms with E-state index in [1.807, 2.05) is 6.07 Å². The van der Waals surface area contributed by atoms with Crippen molar-refractivity contribution >= 4 is 38.1 Å². The van der Waals surface area contributed by atoms with Crippen LogP contribution in [0.5, 0.6) is 0 Å². The molecule has 2 aromatic heterocycles. The fraction of sp³-hybridized carbons (Fsp3) is 0.226. The van der Waals surface area contributed by atoms with Gasteiger partial charge in [-0.25, -0.2) is 22.8 Å². The number of halogens is 1. The summed E-state index contributed by atoms with van der Waals surface area (Å²) in [6, 6.07) is 21.0. The normalized spacial score (nSPS) is 11.7. The molecule has 3 aromatic carbocycles. The molecular formula is C31H33FN6O2S. The summed E-state index contributed by atoms with van der Waals surface area (Å²) in [4.78, 5) is 10.8. The molecule has 5 rings (SSSR count). The van der Waals surface area contributed by atoms with Gasteiger partial charge in [0.2, 0.25) is 0 Å². The molecule has 0 atom stereocenters. The predicted molar refractivity (Wildman–Crippen MR) is 162 cm³/mol. The molecule has 5 aromatic rings. The van der Waals surface area contributed by atoms with E-state index >= 15 is 0 Å². The summed E-state index contributed by atoms with van der Waals surface area (Å²) < 4.78 is 44.3. The first kappa shape index (κ1) is 28.3. The number of benzene rings is 3. The van der Waals surface area contributed by atoms with E-state index in [-0.39, 0.29) is 0 Å². The number of hydrogen-bond acceptors (Lipinski definition) is 6. The van der Waals surface area contributed by atoms with Crippen LogP contribution in [0.15, 0.2) is 90.2 Å². The molecule has 0 spiro atoms. The van der Waals surface area contributed by atoms with Crippen molar-refractivity contribution in [1.29, 1.82) is 0 Å². The Morgan fingerprint density at radius 1 is 0.902 bits per heavy atom. The van der Waals surface area contributed by atoms with Gasteiger partial charge in [-0.3, -0.25) is 4.72 Å². The zero-order valence-corrected chi connectivity index (χ0v) is 24.1. The summed E-state index contributed by atoms with van der Waals surface area (Å²) in [7, 11) is -4.06. The van der Waals surface area contributed by atoms with E-state index in [2.05, 4.69) is 73.8 Å². The van der Waals surface area contributed by atoms with Gasteiger partial charge in [0, 0.05) is 53.2 Å². The average molecular weight is 573 g/mol. The molecule has 0 bridgehead atoms. The Labute approximate surface area is 239 Å². The fourth-order valence-corrected chi connectivity index (χ4v) is 5.85. The van der Waals surface area contributed by atoms with Gasteiger partial charge in [-0.1, -0.05) is 26.0 Å². The minimum absolute atomic E-state index is 0.316. The van der Waals surface area contributed by atoms with Gasteiger partial charge in [-0.05, 0) is 80.2 Å². The second-order valence-corrected chi connectivity index (χ2v) is 11.5. The molecule has 0 aliphatic heterocycles. The number of rotatable bonds is 11. The topological polar surface area (TPSA) is 92.2 Å². The third-order valence-corrected chi connectivity index (χ3v) is 8.49. The largest absolute Gasteiger partial charge is 0.346 e. The Morgan fingerprint density at radius 2 is 1.66 bits per heavy atom. The molecule has 10 heteroatoms. The zero-order valence-electron chi connectivity index (χ0n) is 23.3. The Balaban J connectivity index is 1.27. The van der Waals surface area contributed by atoms with Crippen molar-refractivity contribution < 1.29 is 12.8 Å². The highest BCUT2D eigenvalue weighted by Gasteiger charge is 2.19. The number of aryl methyl sites for hydroxylation is 1. The molecule has 0 saturated heterocycles. The van der Waals surface area contributed by atoms with E-state index in [0.29, 0.717) is 22.8 Å². The highest BCUT2D eigenvalue weighted by atomic mass is 32.2. The molecule has 2 N–H and O–H groups in total. The molecule has 0 unspecified atom stereocenters. The number of nitrogens with zero attached hydrogens (tertiary/aromatic N) is 4. The number of hydrogen-bond donors (Lipinski definition) is 2. The van der Waals surface area contributed by atoms with Gasteiger partial charge in [0.1, 0.15) is 22.9 Å². The number of anilines is 3. The van der Waals surface area contributed by atoms with Gasteiger partial charge in [0.05, 0.1) is 5.69 Å². The second-order valence-electron chi connectivity index (χ2n) is 9.84. The van der Waals surface area contributed by atoms with E-state index < -0.39 is 20.7 Å². The van der Waals surface area contributed by atoms with Crippen LogP contribution in [0, 0.1) is 12.7 Å². The molecule has 0 fully saturated rings. The highest BCUT2D eigenvalue weighted by Crippen LogP contribution is 2.27. The van der Waals surface area contributed by atoms with Gasteiger partial charge in [-0.15, -0.1) is 0 Å². The van der Waals surface area contributed by atoms with Crippen molar-refractivity contribution in [2.75, 3.05) is 29.7 Å². The Bertz CT molecular complexity index is 1770. The van der Waals surface area contributed by atoms with Gasteiger partial charge in [0.15, 0.2) is 0 Å². The summed E-state index contributed by atoms with van der Waals surface area (Å²) in [5.41, 5.74) is 4.62. The van der Waals surface area contributed by atoms with Crippen LogP contribution in [-0.2, 0) is 16.6 Å². The molecular weight excluding hydrogens is 539 g/mol. The Morgan fingerprint density at radius 3 is 2.39 bits per heavy atom. The van der Waals surface area contributed by atoms with Gasteiger partial charge < -0.3 is 14.8 Å². The molecule has 41 heavy (non-hydrogen) atoms. The average Bonchev–Trinajstić information content (AvgIpc) is 3.37. The van der Waals surface area contributed by atoms with Crippen LogP contribution in [0.2, 0.25) is 0 Å². The number of fused-ring (bicyclic) bond motifs is 1. The van der Waals surface area contributed by atoms with Gasteiger partial charge in [-0.2, -0.15) is 0 Å². The molecule has 212 valence electrons. The lowest BCUT2D eigenvalue weighted by atomic mass is 10.1. The first-order valence-corrected chi connectivity index (χ1v) is 15.0. The summed E-state index contributed by atoms with van der Waals surface area (Å²) in [5.74, 6) is -0.190. The standard InChI is InChI=1S/C31H33FN6O2S/c1-4-37(5-2)16-17-38-15-14-24-19-23(7-12-29(24)38)28-20-31(34-21-33-28)35-25-8-10-26(11-9-25)36-41(39,40)30-13-6-22(3)18-27(30)32/h6-15,18-21,36H,4-5,16-17H2,1-3H3,(H,33,34,35). The van der Waals surface area contributed by atoms with Gasteiger partial charge in [0.25, 0.3) is 10.0 Å². The van der Waals surface area contributed by atoms with Crippen molar-refractivity contribution in [3.8, 4) is 11.3 Å². The third-order valence-electron chi connectivity index (χ3n) is 7.07. The maximum Gasteiger partial charge on any atom is 0.264 e. The van der Waals surface area contributed by atoms with Crippen molar-refractivity contribution in [2.24, 2.45) is 0 Å². The smallest absolute Gasteiger partial charge is 0.264 e. The van der Waals surface area contributed by atoms with E-state index in [4.69, 9.17) is 0 Å². The second kappa shape index (κ2) is 12.1. The first-order chi connectivity index (χ1) is 19.8. The summed E-state index contributed by atoms with van der Waals surface area (Å²) >= 11 is 0. The van der Waals surface area contributed by atoms with E-state index in [9.17, 15) is 12.8 Å². The molecule has 0 aliphatic carbocycles. The SMILES string of the molecule is CCN(CC)CCn1ccc2cc(-c3cc(Nc4ccc(NS(=O)(=O)c5ccc(C)cc5F)cc4)ncn3)ccc21. The van der Waals surface area contributed by atoms with E-state index in [1.54, 1.807) is 37.3 Å². The third kappa shape index (κ3) is 6.55. The summed E-state index contributed by atoms with van der Waals surface area (Å²) in [6.07, 6.45) is 3.64. The molecule has 8 nitrogen and oxygen atoms in total. The molecule has 0 saturated carbocycles. The van der Waals surface area contributed by atoms with Crippen LogP contribution in [0.25, 0.3) is 22.2 Å². The zero-order chi connectivity index (χ0) is 29.0. The molecule has 0 amide bonds. The fourth-order valence-electron chi connectivity index (χ4n) is 4.73. The number of nitrogens with one attached hydrogen (secondary N) is 2. The number of likely N-dealkylation sites (N-methyl/N-ethyl adjacent to an activating group) is 1. The molecule has 0 radical (unpaired) electrons. The lowest BCUT2D eigenvalue weighted by Crippen LogP contribution is -2.26. The van der Waals surface area contributed by atoms with Crippen LogP contribution < -0.4 is 10.0 Å². The maximum atomic E-state index is 14.2. The molecule has 2 heterocycles. The van der Waals surface area contributed by atoms with E-state index in [0.717, 1.165) is 42.8 Å². The van der Waals surface area contributed by atoms with Crippen molar-refractivity contribution in [3.05, 3.63) is 96.7 Å². The van der Waals surface area contributed by atoms with Crippen LogP contribution in [-0.4, -0.2) is 47.5 Å². The maximum absolute atomic E-state index is 14.2. The first-order valence-electron chi connectivity index (χ1n) is 13.6. The Kier molecular flexibility index (Phi) is 8.32. The lowest BCUT2D eigenvalue weighted by Gasteiger charge is -2.18. The van der Waals surface area contributed by atoms with Crippen LogP contribution >= 0.6 is 0 Å². The van der Waals surface area contributed by atoms with Crippen molar-refractivity contribution in [3.63, 3.8) is 0 Å².